The molecule has 0 aliphatic carbocycles. The van der Waals surface area contributed by atoms with Crippen molar-refractivity contribution < 1.29 is 4.42 Å². The lowest BCUT2D eigenvalue weighted by Crippen LogP contribution is -2.08. The van der Waals surface area contributed by atoms with E-state index in [1.807, 2.05) is 18.4 Å². The molecule has 0 aromatic carbocycles. The first-order valence-electron chi connectivity index (χ1n) is 4.54. The van der Waals surface area contributed by atoms with E-state index < -0.39 is 0 Å². The van der Waals surface area contributed by atoms with Crippen LogP contribution in [0.4, 0.5) is 0 Å². The molecule has 2 aromatic rings. The second-order valence-corrected chi connectivity index (χ2v) is 4.83. The highest BCUT2D eigenvalue weighted by Gasteiger charge is 2.16. The van der Waals surface area contributed by atoms with Gasteiger partial charge in [0.05, 0.1) is 6.04 Å². The molecule has 15 heavy (non-hydrogen) atoms. The number of hydrogen-bond acceptors (Lipinski definition) is 5. The summed E-state index contributed by atoms with van der Waals surface area (Å²) >= 11 is 4.97. The largest absolute Gasteiger partial charge is 0.418 e. The Labute approximate surface area is 99.6 Å². The molecule has 2 aromatic heterocycles. The molecule has 0 fully saturated rings. The Morgan fingerprint density at radius 1 is 1.60 bits per heavy atom. The minimum absolute atomic E-state index is 0.176. The molecule has 0 radical (unpaired) electrons. The van der Waals surface area contributed by atoms with Gasteiger partial charge in [-0.05, 0) is 33.8 Å². The first-order chi connectivity index (χ1) is 7.22. The fraction of sp³-hybridized carbons (Fsp3) is 0.333. The molecule has 2 rings (SSSR count). The van der Waals surface area contributed by atoms with Crippen molar-refractivity contribution in [2.45, 2.75) is 19.4 Å². The third-order valence-corrected chi connectivity index (χ3v) is 3.83. The lowest BCUT2D eigenvalue weighted by atomic mass is 10.2. The van der Waals surface area contributed by atoms with Gasteiger partial charge in [-0.15, -0.1) is 21.5 Å². The van der Waals surface area contributed by atoms with Crippen LogP contribution in [0, 0.1) is 0 Å². The van der Waals surface area contributed by atoms with E-state index in [2.05, 4.69) is 26.1 Å². The molecule has 1 atom stereocenters. The van der Waals surface area contributed by atoms with Crippen molar-refractivity contribution in [3.63, 3.8) is 0 Å². The lowest BCUT2D eigenvalue weighted by Gasteiger charge is -1.99. The molecule has 0 aliphatic rings. The zero-order chi connectivity index (χ0) is 10.8. The molecule has 0 bridgehead atoms. The van der Waals surface area contributed by atoms with Crippen LogP contribution in [-0.2, 0) is 0 Å². The van der Waals surface area contributed by atoms with E-state index in [1.165, 1.54) is 0 Å². The van der Waals surface area contributed by atoms with Crippen molar-refractivity contribution in [3.8, 4) is 10.8 Å². The minimum atomic E-state index is -0.176. The first kappa shape index (κ1) is 10.8. The highest BCUT2D eigenvalue weighted by molar-refractivity contribution is 9.10. The van der Waals surface area contributed by atoms with E-state index in [0.717, 1.165) is 15.8 Å². The first-order valence-corrected chi connectivity index (χ1v) is 6.22. The van der Waals surface area contributed by atoms with E-state index in [4.69, 9.17) is 10.2 Å². The molecule has 0 aliphatic heterocycles. The third-order valence-electron chi connectivity index (χ3n) is 2.01. The summed E-state index contributed by atoms with van der Waals surface area (Å²) in [5, 5.41) is 9.86. The van der Waals surface area contributed by atoms with Crippen LogP contribution in [-0.4, -0.2) is 10.2 Å². The zero-order valence-electron chi connectivity index (χ0n) is 8.11. The number of aromatic nitrogens is 2. The number of nitrogens with zero attached hydrogens (tertiary/aromatic N) is 2. The molecular weight excluding hydrogens is 278 g/mol. The lowest BCUT2D eigenvalue weighted by molar-refractivity contribution is 0.453. The quantitative estimate of drug-likeness (QED) is 0.943. The van der Waals surface area contributed by atoms with Gasteiger partial charge in [0.25, 0.3) is 5.89 Å². The van der Waals surface area contributed by atoms with Crippen LogP contribution in [0.1, 0.15) is 25.3 Å². The third kappa shape index (κ3) is 2.11. The highest BCUT2D eigenvalue weighted by Crippen LogP contribution is 2.33. The van der Waals surface area contributed by atoms with Gasteiger partial charge in [-0.2, -0.15) is 0 Å². The van der Waals surface area contributed by atoms with Crippen molar-refractivity contribution in [1.29, 1.82) is 0 Å². The maximum atomic E-state index is 5.79. The van der Waals surface area contributed by atoms with Crippen LogP contribution in [0.2, 0.25) is 0 Å². The van der Waals surface area contributed by atoms with Gasteiger partial charge < -0.3 is 10.2 Å². The smallest absolute Gasteiger partial charge is 0.258 e. The Balaban J connectivity index is 2.32. The molecule has 2 N–H and O–H groups in total. The summed E-state index contributed by atoms with van der Waals surface area (Å²) in [6, 6.07) is 1.77. The van der Waals surface area contributed by atoms with Crippen LogP contribution >= 0.6 is 27.3 Å². The van der Waals surface area contributed by atoms with Crippen molar-refractivity contribution in [2.24, 2.45) is 5.73 Å². The predicted molar refractivity (Wildman–Crippen MR) is 62.5 cm³/mol. The summed E-state index contributed by atoms with van der Waals surface area (Å²) in [6.07, 6.45) is 0.785. The molecule has 0 spiro atoms. The average Bonchev–Trinajstić information content (AvgIpc) is 2.84. The summed E-state index contributed by atoms with van der Waals surface area (Å²) in [5.74, 6) is 1.02. The molecule has 0 amide bonds. The number of thiophene rings is 1. The standard InChI is InChI=1S/C9H10BrN3OS/c1-2-6(11)8-12-13-9(14-8)7-5(10)3-4-15-7/h3-4,6H,2,11H2,1H3. The molecule has 0 saturated heterocycles. The van der Waals surface area contributed by atoms with Crippen molar-refractivity contribution >= 4 is 27.3 Å². The second-order valence-electron chi connectivity index (χ2n) is 3.06. The maximum absolute atomic E-state index is 5.79. The molecular formula is C9H10BrN3OS. The van der Waals surface area contributed by atoms with E-state index in [9.17, 15) is 0 Å². The van der Waals surface area contributed by atoms with Crippen LogP contribution in [0.25, 0.3) is 10.8 Å². The van der Waals surface area contributed by atoms with Gasteiger partial charge in [0.1, 0.15) is 4.88 Å². The number of halogens is 1. The van der Waals surface area contributed by atoms with Gasteiger partial charge in [0.2, 0.25) is 5.89 Å². The molecule has 1 unspecified atom stereocenters. The summed E-state index contributed by atoms with van der Waals surface area (Å²) < 4.78 is 6.46. The number of nitrogens with two attached hydrogens (primary N) is 1. The van der Waals surface area contributed by atoms with Gasteiger partial charge in [-0.25, -0.2) is 0 Å². The average molecular weight is 288 g/mol. The summed E-state index contributed by atoms with van der Waals surface area (Å²) in [4.78, 5) is 0.942. The van der Waals surface area contributed by atoms with E-state index in [1.54, 1.807) is 11.3 Å². The summed E-state index contributed by atoms with van der Waals surface area (Å²) in [6.45, 7) is 1.98. The van der Waals surface area contributed by atoms with Gasteiger partial charge in [0, 0.05) is 4.47 Å². The number of hydrogen-bond donors (Lipinski definition) is 1. The SMILES string of the molecule is CCC(N)c1nnc(-c2sccc2Br)o1. The normalized spacial score (nSPS) is 13.0. The van der Waals surface area contributed by atoms with Crippen molar-refractivity contribution in [3.05, 3.63) is 21.8 Å². The molecule has 0 saturated carbocycles. The fourth-order valence-electron chi connectivity index (χ4n) is 1.10. The van der Waals surface area contributed by atoms with E-state index in [0.29, 0.717) is 11.8 Å². The molecule has 6 heteroatoms. The Morgan fingerprint density at radius 3 is 3.00 bits per heavy atom. The van der Waals surface area contributed by atoms with Crippen LogP contribution in [0.15, 0.2) is 20.3 Å². The maximum Gasteiger partial charge on any atom is 0.258 e. The topological polar surface area (TPSA) is 64.9 Å². The molecule has 4 nitrogen and oxygen atoms in total. The van der Waals surface area contributed by atoms with E-state index >= 15 is 0 Å². The van der Waals surface area contributed by atoms with Gasteiger partial charge >= 0.3 is 0 Å². The zero-order valence-corrected chi connectivity index (χ0v) is 10.5. The Kier molecular flexibility index (Phi) is 3.18. The van der Waals surface area contributed by atoms with Gasteiger partial charge in [0.15, 0.2) is 0 Å². The summed E-state index contributed by atoms with van der Waals surface area (Å²) in [5.41, 5.74) is 5.79. The Hall–Kier alpha value is -0.720. The molecule has 80 valence electrons. The minimum Gasteiger partial charge on any atom is -0.418 e. The number of rotatable bonds is 3. The van der Waals surface area contributed by atoms with Gasteiger partial charge in [-0.1, -0.05) is 6.92 Å². The van der Waals surface area contributed by atoms with Gasteiger partial charge in [-0.3, -0.25) is 0 Å². The molecule has 2 heterocycles. The van der Waals surface area contributed by atoms with Crippen LogP contribution in [0.3, 0.4) is 0 Å². The fourth-order valence-corrected chi connectivity index (χ4v) is 2.56. The van der Waals surface area contributed by atoms with Crippen molar-refractivity contribution in [2.75, 3.05) is 0 Å². The monoisotopic (exact) mass is 287 g/mol. The van der Waals surface area contributed by atoms with Crippen LogP contribution in [0.5, 0.6) is 0 Å². The van der Waals surface area contributed by atoms with Crippen LogP contribution < -0.4 is 5.73 Å². The Morgan fingerprint density at radius 2 is 2.40 bits per heavy atom. The second kappa shape index (κ2) is 4.42. The summed E-state index contributed by atoms with van der Waals surface area (Å²) in [7, 11) is 0. The van der Waals surface area contributed by atoms with E-state index in [-0.39, 0.29) is 6.04 Å². The van der Waals surface area contributed by atoms with Crippen molar-refractivity contribution in [1.82, 2.24) is 10.2 Å². The predicted octanol–water partition coefficient (Wildman–Crippen LogP) is 2.97. The highest BCUT2D eigenvalue weighted by atomic mass is 79.9. The Bertz CT molecular complexity index is 454.